The molecule has 0 N–H and O–H groups in total. The van der Waals surface area contributed by atoms with Crippen LogP contribution in [0.1, 0.15) is 239 Å². The number of esters is 3. The summed E-state index contributed by atoms with van der Waals surface area (Å²) in [6.45, 7) is 6.31. The molecular formula is C65H104O6. The van der Waals surface area contributed by atoms with Gasteiger partial charge in [0, 0.05) is 19.3 Å². The Morgan fingerprint density at radius 2 is 0.577 bits per heavy atom. The Morgan fingerprint density at radius 1 is 0.296 bits per heavy atom. The second-order valence-corrected chi connectivity index (χ2v) is 18.4. The molecule has 0 bridgehead atoms. The third-order valence-corrected chi connectivity index (χ3v) is 11.7. The Hall–Kier alpha value is -4.45. The molecule has 0 saturated carbocycles. The molecule has 71 heavy (non-hydrogen) atoms. The molecule has 0 aromatic rings. The monoisotopic (exact) mass is 981 g/mol. The first kappa shape index (κ1) is 66.6. The van der Waals surface area contributed by atoms with Gasteiger partial charge in [-0.05, 0) is 103 Å². The molecule has 0 fully saturated rings. The number of carbonyl (C=O) groups excluding carboxylic acids is 3. The maximum atomic E-state index is 12.8. The zero-order chi connectivity index (χ0) is 51.4. The fraction of sp³-hybridized carbons (Fsp3) is 0.615. The van der Waals surface area contributed by atoms with Gasteiger partial charge in [0.2, 0.25) is 0 Å². The van der Waals surface area contributed by atoms with Crippen molar-refractivity contribution in [1.82, 2.24) is 0 Å². The molecule has 0 heterocycles. The predicted octanol–water partition coefficient (Wildman–Crippen LogP) is 19.4. The van der Waals surface area contributed by atoms with E-state index in [2.05, 4.69) is 142 Å². The largest absolute Gasteiger partial charge is 0.462 e. The van der Waals surface area contributed by atoms with E-state index in [-0.39, 0.29) is 37.5 Å². The van der Waals surface area contributed by atoms with Crippen molar-refractivity contribution in [2.45, 2.75) is 245 Å². The van der Waals surface area contributed by atoms with Gasteiger partial charge in [-0.15, -0.1) is 0 Å². The molecule has 0 aromatic heterocycles. The molecule has 0 rings (SSSR count). The first-order valence-corrected chi connectivity index (χ1v) is 28.7. The average Bonchev–Trinajstić information content (AvgIpc) is 3.37. The van der Waals surface area contributed by atoms with E-state index in [9.17, 15) is 14.4 Å². The van der Waals surface area contributed by atoms with Crippen LogP contribution in [-0.2, 0) is 28.6 Å². The molecule has 6 heteroatoms. The van der Waals surface area contributed by atoms with Crippen LogP contribution < -0.4 is 0 Å². The molecule has 0 spiro atoms. The molecule has 0 amide bonds. The maximum absolute atomic E-state index is 12.8. The first-order valence-electron chi connectivity index (χ1n) is 28.7. The Balaban J connectivity index is 4.48. The highest BCUT2D eigenvalue weighted by Gasteiger charge is 2.19. The molecule has 0 radical (unpaired) electrons. The van der Waals surface area contributed by atoms with Gasteiger partial charge in [-0.1, -0.05) is 251 Å². The minimum atomic E-state index is -0.824. The lowest BCUT2D eigenvalue weighted by Gasteiger charge is -2.18. The summed E-state index contributed by atoms with van der Waals surface area (Å²) in [5.41, 5.74) is 0. The van der Waals surface area contributed by atoms with E-state index in [1.807, 2.05) is 12.2 Å². The van der Waals surface area contributed by atoms with Crippen LogP contribution in [0.25, 0.3) is 0 Å². The number of unbranched alkanes of at least 4 members (excludes halogenated alkanes) is 17. The number of hydrogen-bond acceptors (Lipinski definition) is 6. The minimum Gasteiger partial charge on any atom is -0.462 e. The van der Waals surface area contributed by atoms with E-state index in [0.717, 1.165) is 116 Å². The third-order valence-electron chi connectivity index (χ3n) is 11.7. The summed E-state index contributed by atoms with van der Waals surface area (Å²) < 4.78 is 16.7. The van der Waals surface area contributed by atoms with Gasteiger partial charge in [0.1, 0.15) is 13.2 Å². The van der Waals surface area contributed by atoms with Crippen molar-refractivity contribution in [3.05, 3.63) is 134 Å². The van der Waals surface area contributed by atoms with E-state index in [0.29, 0.717) is 19.3 Å². The Labute approximate surface area is 436 Å². The van der Waals surface area contributed by atoms with Crippen LogP contribution in [0.4, 0.5) is 0 Å². The molecule has 1 atom stereocenters. The maximum Gasteiger partial charge on any atom is 0.306 e. The number of ether oxygens (including phenoxy) is 3. The van der Waals surface area contributed by atoms with Gasteiger partial charge < -0.3 is 14.2 Å². The van der Waals surface area contributed by atoms with Gasteiger partial charge in [-0.25, -0.2) is 0 Å². The summed E-state index contributed by atoms with van der Waals surface area (Å²) in [4.78, 5) is 38.1. The van der Waals surface area contributed by atoms with Gasteiger partial charge in [0.15, 0.2) is 6.10 Å². The van der Waals surface area contributed by atoms with Crippen LogP contribution in [0, 0.1) is 0 Å². The summed E-state index contributed by atoms with van der Waals surface area (Å²) in [6, 6.07) is 0. The lowest BCUT2D eigenvalue weighted by molar-refractivity contribution is -0.166. The Kier molecular flexibility index (Phi) is 54.5. The highest BCUT2D eigenvalue weighted by atomic mass is 16.6. The first-order chi connectivity index (χ1) is 35.0. The van der Waals surface area contributed by atoms with Crippen molar-refractivity contribution < 1.29 is 28.6 Å². The van der Waals surface area contributed by atoms with Crippen molar-refractivity contribution in [2.75, 3.05) is 13.2 Å². The number of carbonyl (C=O) groups is 3. The van der Waals surface area contributed by atoms with Gasteiger partial charge in [-0.3, -0.25) is 14.4 Å². The zero-order valence-electron chi connectivity index (χ0n) is 45.7. The number of allylic oxidation sites excluding steroid dienone is 22. The molecular weight excluding hydrogens is 877 g/mol. The quantitative estimate of drug-likeness (QED) is 0.0262. The van der Waals surface area contributed by atoms with Crippen molar-refractivity contribution in [3.8, 4) is 0 Å². The Bertz CT molecular complexity index is 1550. The van der Waals surface area contributed by atoms with Gasteiger partial charge in [0.05, 0.1) is 0 Å². The normalized spacial score (nSPS) is 13.1. The molecule has 1 unspecified atom stereocenters. The van der Waals surface area contributed by atoms with Crippen LogP contribution in [0.5, 0.6) is 0 Å². The van der Waals surface area contributed by atoms with E-state index < -0.39 is 6.10 Å². The van der Waals surface area contributed by atoms with Crippen LogP contribution >= 0.6 is 0 Å². The van der Waals surface area contributed by atoms with E-state index in [4.69, 9.17) is 14.2 Å². The standard InChI is InChI=1S/C65H104O6/c1-4-7-10-13-16-19-22-25-27-28-29-30-31-32-33-34-35-36-38-40-43-46-49-52-55-58-64(67)70-61-62(60-69-63(66)57-54-51-48-45-42-39-24-21-18-15-12-9-6-3)71-65(68)59-56-53-50-47-44-41-37-26-23-20-17-14-11-8-5-2/h7,9-10,12,16,18-19,21,25,27,29-30,32-33,35-36,39-40,42-43,48,51,62H,4-6,8,11,13-15,17,20,22-24,26,28,31,34,37-38,41,44-47,49-50,52-61H2,1-3H3/b10-7-,12-9-,19-16-,21-18-,27-25-,30-29-,33-32-,36-35-,42-39-,43-40-,51-48-. The van der Waals surface area contributed by atoms with Crippen LogP contribution in [0.3, 0.4) is 0 Å². The molecule has 0 saturated heterocycles. The zero-order valence-corrected chi connectivity index (χ0v) is 45.7. The highest BCUT2D eigenvalue weighted by molar-refractivity contribution is 5.71. The van der Waals surface area contributed by atoms with Crippen LogP contribution in [0.2, 0.25) is 0 Å². The molecule has 0 aliphatic heterocycles. The van der Waals surface area contributed by atoms with Gasteiger partial charge >= 0.3 is 17.9 Å². The van der Waals surface area contributed by atoms with Crippen molar-refractivity contribution in [1.29, 1.82) is 0 Å². The summed E-state index contributed by atoms with van der Waals surface area (Å²) in [7, 11) is 0. The van der Waals surface area contributed by atoms with Crippen LogP contribution in [0.15, 0.2) is 134 Å². The fourth-order valence-electron chi connectivity index (χ4n) is 7.44. The van der Waals surface area contributed by atoms with Crippen molar-refractivity contribution in [3.63, 3.8) is 0 Å². The minimum absolute atomic E-state index is 0.120. The van der Waals surface area contributed by atoms with E-state index >= 15 is 0 Å². The van der Waals surface area contributed by atoms with E-state index in [1.165, 1.54) is 77.0 Å². The second kappa shape index (κ2) is 58.1. The second-order valence-electron chi connectivity index (χ2n) is 18.4. The van der Waals surface area contributed by atoms with Crippen molar-refractivity contribution >= 4 is 17.9 Å². The molecule has 0 aliphatic rings. The fourth-order valence-corrected chi connectivity index (χ4v) is 7.44. The average molecular weight is 982 g/mol. The lowest BCUT2D eigenvalue weighted by Crippen LogP contribution is -2.30. The van der Waals surface area contributed by atoms with Crippen LogP contribution in [-0.4, -0.2) is 37.2 Å². The molecule has 6 nitrogen and oxygen atoms in total. The molecule has 400 valence electrons. The third kappa shape index (κ3) is 56.3. The summed E-state index contributed by atoms with van der Waals surface area (Å²) in [5, 5.41) is 0. The number of hydrogen-bond donors (Lipinski definition) is 0. The van der Waals surface area contributed by atoms with Gasteiger partial charge in [0.25, 0.3) is 0 Å². The SMILES string of the molecule is CC/C=C\C/C=C\C/C=C\C/C=C\C/C=C\C/C=C\C/C=C\CCCCCC(=O)OCC(COC(=O)CC/C=C\C/C=C\C/C=C\C/C=C\CC)OC(=O)CCCCCCCCCCCCCCCCC. The molecule has 0 aromatic carbocycles. The topological polar surface area (TPSA) is 78.9 Å². The smallest absolute Gasteiger partial charge is 0.306 e. The van der Waals surface area contributed by atoms with Gasteiger partial charge in [-0.2, -0.15) is 0 Å². The Morgan fingerprint density at radius 3 is 0.944 bits per heavy atom. The van der Waals surface area contributed by atoms with Crippen molar-refractivity contribution in [2.24, 2.45) is 0 Å². The predicted molar refractivity (Wildman–Crippen MR) is 306 cm³/mol. The summed E-state index contributed by atoms with van der Waals surface area (Å²) >= 11 is 0. The highest BCUT2D eigenvalue weighted by Crippen LogP contribution is 2.15. The lowest BCUT2D eigenvalue weighted by atomic mass is 10.0. The van der Waals surface area contributed by atoms with E-state index in [1.54, 1.807) is 0 Å². The summed E-state index contributed by atoms with van der Waals surface area (Å²) in [5.74, 6) is -1.04. The summed E-state index contributed by atoms with van der Waals surface area (Å²) in [6.07, 6.45) is 81.7. The molecule has 0 aliphatic carbocycles. The number of rotatable bonds is 50.